The molecule has 0 radical (unpaired) electrons. The molecule has 0 aliphatic carbocycles. The quantitative estimate of drug-likeness (QED) is 0.143. The fourth-order valence-corrected chi connectivity index (χ4v) is 19.3. The monoisotopic (exact) mass is 1270 g/mol. The van der Waals surface area contributed by atoms with Crippen LogP contribution in [0.4, 0.5) is 0 Å². The van der Waals surface area contributed by atoms with E-state index in [1.807, 2.05) is 45.3 Å². The van der Waals surface area contributed by atoms with Crippen molar-refractivity contribution >= 4 is 148 Å². The molecule has 440 valence electrons. The zero-order valence-electron chi connectivity index (χ0n) is 50.7. The summed E-state index contributed by atoms with van der Waals surface area (Å²) in [6, 6.07) is 120. The van der Waals surface area contributed by atoms with E-state index in [1.54, 1.807) is 0 Å². The first-order valence-corrected chi connectivity index (χ1v) is 35.1. The zero-order valence-corrected chi connectivity index (χ0v) is 54.0. The third-order valence-corrected chi connectivity index (χ3v) is 23.7. The van der Waals surface area contributed by atoms with E-state index in [0.717, 1.165) is 0 Å². The van der Waals surface area contributed by atoms with Gasteiger partial charge in [-0.15, -0.1) is 45.3 Å². The summed E-state index contributed by atoms with van der Waals surface area (Å²) < 4.78 is 15.5. The molecule has 6 heteroatoms. The molecule has 2 nitrogen and oxygen atoms in total. The minimum Gasteiger partial charge on any atom is -0.308 e. The summed E-state index contributed by atoms with van der Waals surface area (Å²) in [7, 11) is 0. The number of rotatable bonds is 8. The Hall–Kier alpha value is -11.0. The molecule has 0 N–H and O–H groups in total. The van der Waals surface area contributed by atoms with Crippen molar-refractivity contribution in [1.82, 2.24) is 9.13 Å². The van der Waals surface area contributed by atoms with Crippen LogP contribution in [-0.2, 0) is 0 Å². The molecule has 0 saturated heterocycles. The maximum atomic E-state index is 2.44. The second kappa shape index (κ2) is 22.4. The number of para-hydroxylation sites is 4. The van der Waals surface area contributed by atoms with Gasteiger partial charge in [0.15, 0.2) is 0 Å². The van der Waals surface area contributed by atoms with Gasteiger partial charge < -0.3 is 9.13 Å². The molecule has 94 heavy (non-hydrogen) atoms. The van der Waals surface area contributed by atoms with Gasteiger partial charge in [0.2, 0.25) is 0 Å². The van der Waals surface area contributed by atoms with Crippen molar-refractivity contribution in [3.05, 3.63) is 328 Å². The maximum absolute atomic E-state index is 2.44. The molecular formula is C88H54N2S4. The number of hydrogen-bond donors (Lipinski definition) is 0. The van der Waals surface area contributed by atoms with Crippen LogP contribution in [0.5, 0.6) is 0 Å². The summed E-state index contributed by atoms with van der Waals surface area (Å²) in [5, 5.41) is 10.5. The summed E-state index contributed by atoms with van der Waals surface area (Å²) >= 11 is 7.57. The fraction of sp³-hybridized carbons (Fsp3) is 0. The molecule has 6 aromatic heterocycles. The van der Waals surface area contributed by atoms with E-state index in [9.17, 15) is 0 Å². The van der Waals surface area contributed by atoms with Gasteiger partial charge in [-0.2, -0.15) is 0 Å². The Bertz CT molecular complexity index is 6300. The van der Waals surface area contributed by atoms with Crippen molar-refractivity contribution in [2.24, 2.45) is 0 Å². The number of nitrogens with zero attached hydrogens (tertiary/aromatic N) is 2. The number of hydrogen-bond acceptors (Lipinski definition) is 4. The van der Waals surface area contributed by atoms with E-state index in [0.29, 0.717) is 0 Å². The van der Waals surface area contributed by atoms with E-state index in [-0.39, 0.29) is 0 Å². The van der Waals surface area contributed by atoms with Crippen LogP contribution in [0.15, 0.2) is 328 Å². The van der Waals surface area contributed by atoms with Gasteiger partial charge in [0, 0.05) is 82.7 Å². The average molecular weight is 1270 g/mol. The van der Waals surface area contributed by atoms with Crippen molar-refractivity contribution in [2.45, 2.75) is 0 Å². The Kier molecular flexibility index (Phi) is 13.1. The van der Waals surface area contributed by atoms with Crippen molar-refractivity contribution in [1.29, 1.82) is 0 Å². The molecule has 0 saturated carbocycles. The molecule has 0 spiro atoms. The van der Waals surface area contributed by atoms with Gasteiger partial charge in [-0.3, -0.25) is 0 Å². The summed E-state index contributed by atoms with van der Waals surface area (Å²) in [6.45, 7) is 0. The predicted molar refractivity (Wildman–Crippen MR) is 411 cm³/mol. The molecule has 14 aromatic carbocycles. The number of aromatic nitrogens is 2. The van der Waals surface area contributed by atoms with Crippen LogP contribution in [-0.4, -0.2) is 9.13 Å². The van der Waals surface area contributed by atoms with Crippen molar-refractivity contribution < 1.29 is 0 Å². The van der Waals surface area contributed by atoms with Crippen molar-refractivity contribution in [3.63, 3.8) is 0 Å². The third kappa shape index (κ3) is 9.01. The van der Waals surface area contributed by atoms with E-state index in [2.05, 4.69) is 337 Å². The average Bonchev–Trinajstić information content (AvgIpc) is 1.64. The highest BCUT2D eigenvalue weighted by Gasteiger charge is 2.22. The van der Waals surface area contributed by atoms with Gasteiger partial charge in [-0.05, 0) is 146 Å². The van der Waals surface area contributed by atoms with Crippen LogP contribution < -0.4 is 0 Å². The largest absolute Gasteiger partial charge is 0.308 e. The second-order valence-corrected chi connectivity index (χ2v) is 28.4. The summed E-state index contributed by atoms with van der Waals surface area (Å²) in [5.74, 6) is 0. The molecule has 20 aromatic rings. The highest BCUT2D eigenvalue weighted by molar-refractivity contribution is 7.28. The number of benzene rings is 14. The van der Waals surface area contributed by atoms with Crippen LogP contribution in [0.2, 0.25) is 0 Å². The lowest BCUT2D eigenvalue weighted by atomic mass is 9.95. The minimum atomic E-state index is 1.19. The third-order valence-electron chi connectivity index (χ3n) is 18.8. The molecule has 20 rings (SSSR count). The SMILES string of the molecule is c1ccc(-c2ccc3sc4c(-c5ccc(-c6ccc7sc8c9ccccc9n(-c9ccccc9)c8c7c6)cc5)cccc4c3c2)cc1.c1ccc(-c2cccc3c2sc2cccc(-c4ccc(-c5ccc6sc7c8ccccc8n(-c8ccccc8)c7c6c5)cc4)c23)cc1. The van der Waals surface area contributed by atoms with Crippen molar-refractivity contribution in [2.75, 3.05) is 0 Å². The van der Waals surface area contributed by atoms with Gasteiger partial charge in [-0.1, -0.05) is 249 Å². The van der Waals surface area contributed by atoms with E-state index in [1.165, 1.54) is 181 Å². The summed E-state index contributed by atoms with van der Waals surface area (Å²) in [6.07, 6.45) is 0. The maximum Gasteiger partial charge on any atom is 0.0727 e. The normalized spacial score (nSPS) is 11.8. The Morgan fingerprint density at radius 1 is 0.191 bits per heavy atom. The highest BCUT2D eigenvalue weighted by atomic mass is 32.1. The Balaban J connectivity index is 0.000000133. The first-order chi connectivity index (χ1) is 46.6. The zero-order chi connectivity index (χ0) is 61.8. The van der Waals surface area contributed by atoms with Gasteiger partial charge in [-0.25, -0.2) is 0 Å². The first kappa shape index (κ1) is 54.7. The topological polar surface area (TPSA) is 9.86 Å². The lowest BCUT2D eigenvalue weighted by Gasteiger charge is -2.09. The van der Waals surface area contributed by atoms with Gasteiger partial charge >= 0.3 is 0 Å². The molecule has 0 amide bonds. The van der Waals surface area contributed by atoms with E-state index >= 15 is 0 Å². The van der Waals surface area contributed by atoms with Crippen LogP contribution in [0, 0.1) is 0 Å². The molecule has 0 fully saturated rings. The lowest BCUT2D eigenvalue weighted by Crippen LogP contribution is -1.92. The summed E-state index contributed by atoms with van der Waals surface area (Å²) in [5.41, 5.74) is 22.6. The predicted octanol–water partition coefficient (Wildman–Crippen LogP) is 26.7. The van der Waals surface area contributed by atoms with Gasteiger partial charge in [0.25, 0.3) is 0 Å². The standard InChI is InChI=1S/2C44H27NS2/c1-3-11-29(12-4-1)34-17-9-18-36-41-33(16-10-20-40(41)47-43(34)36)30-23-21-28(22-24-30)31-25-26-39-37(27-31)42-44(46-39)35-15-7-8-19-38(35)45(42)32-13-5-2-6-14-32;1-3-10-28(11-4-1)31-22-24-40-37(26-31)35-16-9-15-34(43(35)46-40)30-20-18-29(19-21-30)32-23-25-41-38(27-32)42-44(47-41)36-14-7-8-17-39(36)45(42)33-12-5-2-6-13-33/h2*1-27H. The minimum absolute atomic E-state index is 1.19. The molecule has 0 unspecified atom stereocenters. The highest BCUT2D eigenvalue weighted by Crippen LogP contribution is 2.48. The van der Waals surface area contributed by atoms with Crippen LogP contribution >= 0.6 is 45.3 Å². The van der Waals surface area contributed by atoms with E-state index in [4.69, 9.17) is 0 Å². The van der Waals surface area contributed by atoms with Crippen LogP contribution in [0.3, 0.4) is 0 Å². The Morgan fingerprint density at radius 3 is 1.06 bits per heavy atom. The van der Waals surface area contributed by atoms with Gasteiger partial charge in [0.1, 0.15) is 0 Å². The van der Waals surface area contributed by atoms with Crippen molar-refractivity contribution in [3.8, 4) is 78.1 Å². The van der Waals surface area contributed by atoms with E-state index < -0.39 is 0 Å². The first-order valence-electron chi connectivity index (χ1n) is 31.9. The molecular weight excluding hydrogens is 1210 g/mol. The summed E-state index contributed by atoms with van der Waals surface area (Å²) in [4.78, 5) is 0. The smallest absolute Gasteiger partial charge is 0.0727 e. The van der Waals surface area contributed by atoms with Crippen LogP contribution in [0.25, 0.3) is 181 Å². The molecule has 0 bridgehead atoms. The Morgan fingerprint density at radius 2 is 0.532 bits per heavy atom. The molecule has 0 aliphatic heterocycles. The number of thiophene rings is 4. The van der Waals surface area contributed by atoms with Gasteiger partial charge in [0.05, 0.1) is 31.5 Å². The molecule has 0 aliphatic rings. The Labute approximate surface area is 558 Å². The number of fused-ring (bicyclic) bond motifs is 16. The second-order valence-electron chi connectivity index (χ2n) is 24.2. The molecule has 0 atom stereocenters. The van der Waals surface area contributed by atoms with Crippen LogP contribution in [0.1, 0.15) is 0 Å². The fourth-order valence-electron chi connectivity index (χ4n) is 14.4. The molecule has 6 heterocycles. The lowest BCUT2D eigenvalue weighted by molar-refractivity contribution is 1.19.